The van der Waals surface area contributed by atoms with E-state index in [0.717, 1.165) is 5.56 Å². The molecule has 1 amide bonds. The van der Waals surface area contributed by atoms with Gasteiger partial charge in [-0.05, 0) is 12.5 Å². The SMILES string of the molecule is CCOCC(CN)(CC(=O)O)NC(=O)OCc1ccccc1. The maximum Gasteiger partial charge on any atom is 0.408 e. The van der Waals surface area contributed by atoms with Crippen LogP contribution in [-0.2, 0) is 20.9 Å². The van der Waals surface area contributed by atoms with E-state index >= 15 is 0 Å². The molecule has 1 aromatic rings. The number of carboxylic acids is 1. The van der Waals surface area contributed by atoms with Crippen LogP contribution in [0.5, 0.6) is 0 Å². The minimum atomic E-state index is -1.18. The maximum absolute atomic E-state index is 11.9. The highest BCUT2D eigenvalue weighted by Crippen LogP contribution is 2.11. The number of carboxylic acid groups (broad SMARTS) is 1. The first kappa shape index (κ1) is 17.9. The number of ether oxygens (including phenoxy) is 2. The first-order chi connectivity index (χ1) is 10.5. The average molecular weight is 310 g/mol. The molecule has 0 saturated heterocycles. The molecule has 7 nitrogen and oxygen atoms in total. The van der Waals surface area contributed by atoms with Crippen LogP contribution in [0.3, 0.4) is 0 Å². The number of alkyl carbamates (subject to hydrolysis) is 1. The summed E-state index contributed by atoms with van der Waals surface area (Å²) in [5, 5.41) is 11.5. The van der Waals surface area contributed by atoms with Gasteiger partial charge in [-0.25, -0.2) is 4.79 Å². The highest BCUT2D eigenvalue weighted by atomic mass is 16.5. The van der Waals surface area contributed by atoms with Gasteiger partial charge in [0, 0.05) is 13.2 Å². The molecule has 4 N–H and O–H groups in total. The second kappa shape index (κ2) is 9.01. The first-order valence-electron chi connectivity index (χ1n) is 7.00. The Morgan fingerprint density at radius 1 is 1.32 bits per heavy atom. The Morgan fingerprint density at radius 3 is 2.55 bits per heavy atom. The van der Waals surface area contributed by atoms with Crippen molar-refractivity contribution in [2.45, 2.75) is 25.5 Å². The Morgan fingerprint density at radius 2 is 2.00 bits per heavy atom. The third kappa shape index (κ3) is 6.11. The number of nitrogens with two attached hydrogens (primary N) is 1. The van der Waals surface area contributed by atoms with Crippen LogP contribution in [0.4, 0.5) is 4.79 Å². The molecule has 0 aliphatic carbocycles. The van der Waals surface area contributed by atoms with E-state index in [1.165, 1.54) is 0 Å². The molecule has 0 saturated carbocycles. The third-order valence-corrected chi connectivity index (χ3v) is 3.04. The maximum atomic E-state index is 11.9. The van der Waals surface area contributed by atoms with E-state index in [1.807, 2.05) is 30.3 Å². The zero-order valence-electron chi connectivity index (χ0n) is 12.6. The Kier molecular flexibility index (Phi) is 7.34. The van der Waals surface area contributed by atoms with Crippen LogP contribution in [0.2, 0.25) is 0 Å². The lowest BCUT2D eigenvalue weighted by molar-refractivity contribution is -0.139. The fraction of sp³-hybridized carbons (Fsp3) is 0.467. The van der Waals surface area contributed by atoms with Crippen molar-refractivity contribution >= 4 is 12.1 Å². The molecule has 1 aromatic carbocycles. The summed E-state index contributed by atoms with van der Waals surface area (Å²) in [5.41, 5.74) is 5.29. The van der Waals surface area contributed by atoms with Crippen LogP contribution in [0.15, 0.2) is 30.3 Å². The lowest BCUT2D eigenvalue weighted by Gasteiger charge is -2.31. The number of amides is 1. The normalized spacial score (nSPS) is 13.2. The summed E-state index contributed by atoms with van der Waals surface area (Å²) in [6.45, 7) is 2.19. The summed E-state index contributed by atoms with van der Waals surface area (Å²) in [6.07, 6.45) is -1.07. The molecular formula is C15H22N2O5. The lowest BCUT2D eigenvalue weighted by Crippen LogP contribution is -2.58. The van der Waals surface area contributed by atoms with Gasteiger partial charge in [0.15, 0.2) is 0 Å². The average Bonchev–Trinajstić information content (AvgIpc) is 2.51. The van der Waals surface area contributed by atoms with Gasteiger partial charge < -0.3 is 25.6 Å². The fourth-order valence-corrected chi connectivity index (χ4v) is 1.88. The lowest BCUT2D eigenvalue weighted by atomic mass is 9.96. The number of carbonyl (C=O) groups excluding carboxylic acids is 1. The Labute approximate surface area is 129 Å². The van der Waals surface area contributed by atoms with Gasteiger partial charge in [-0.15, -0.1) is 0 Å². The number of benzene rings is 1. The number of hydrogen-bond acceptors (Lipinski definition) is 5. The van der Waals surface area contributed by atoms with Gasteiger partial charge in [-0.2, -0.15) is 0 Å². The van der Waals surface area contributed by atoms with Crippen molar-refractivity contribution in [2.24, 2.45) is 5.73 Å². The fourth-order valence-electron chi connectivity index (χ4n) is 1.88. The van der Waals surface area contributed by atoms with Crippen molar-refractivity contribution in [3.05, 3.63) is 35.9 Å². The van der Waals surface area contributed by atoms with Gasteiger partial charge in [0.25, 0.3) is 0 Å². The number of carbonyl (C=O) groups is 2. The van der Waals surface area contributed by atoms with Crippen LogP contribution < -0.4 is 11.1 Å². The largest absolute Gasteiger partial charge is 0.481 e. The predicted octanol–water partition coefficient (Wildman–Crippen LogP) is 1.12. The van der Waals surface area contributed by atoms with Crippen molar-refractivity contribution in [3.8, 4) is 0 Å². The number of rotatable bonds is 9. The van der Waals surface area contributed by atoms with Crippen LogP contribution in [0.25, 0.3) is 0 Å². The molecular weight excluding hydrogens is 288 g/mol. The number of aliphatic carboxylic acids is 1. The zero-order valence-corrected chi connectivity index (χ0v) is 12.6. The van der Waals surface area contributed by atoms with E-state index in [2.05, 4.69) is 5.32 Å². The second-order valence-corrected chi connectivity index (χ2v) is 4.88. The Hall–Kier alpha value is -2.12. The topological polar surface area (TPSA) is 111 Å². The Bertz CT molecular complexity index is 480. The monoisotopic (exact) mass is 310 g/mol. The number of nitrogens with one attached hydrogen (secondary N) is 1. The van der Waals surface area contributed by atoms with Gasteiger partial charge in [0.05, 0.1) is 18.6 Å². The Balaban J connectivity index is 2.62. The van der Waals surface area contributed by atoms with Crippen molar-refractivity contribution in [1.82, 2.24) is 5.32 Å². The summed E-state index contributed by atoms with van der Waals surface area (Å²) >= 11 is 0. The van der Waals surface area contributed by atoms with Crippen LogP contribution in [0.1, 0.15) is 18.9 Å². The van der Waals surface area contributed by atoms with E-state index in [9.17, 15) is 9.59 Å². The van der Waals surface area contributed by atoms with Crippen molar-refractivity contribution in [2.75, 3.05) is 19.8 Å². The molecule has 0 spiro atoms. The molecule has 0 aromatic heterocycles. The van der Waals surface area contributed by atoms with Crippen molar-refractivity contribution in [3.63, 3.8) is 0 Å². The molecule has 0 fully saturated rings. The molecule has 0 aliphatic heterocycles. The summed E-state index contributed by atoms with van der Waals surface area (Å²) < 4.78 is 10.3. The molecule has 22 heavy (non-hydrogen) atoms. The molecule has 0 heterocycles. The second-order valence-electron chi connectivity index (χ2n) is 4.88. The molecule has 122 valence electrons. The third-order valence-electron chi connectivity index (χ3n) is 3.04. The molecule has 0 aliphatic rings. The van der Waals surface area contributed by atoms with Crippen LogP contribution >= 0.6 is 0 Å². The van der Waals surface area contributed by atoms with Crippen molar-refractivity contribution in [1.29, 1.82) is 0 Å². The molecule has 1 rings (SSSR count). The van der Waals surface area contributed by atoms with E-state index < -0.39 is 17.6 Å². The molecule has 7 heteroatoms. The standard InChI is InChI=1S/C15H22N2O5/c1-2-21-11-15(10-16,8-13(18)19)17-14(20)22-9-12-6-4-3-5-7-12/h3-7H,2,8-11,16H2,1H3,(H,17,20)(H,18,19). The van der Waals surface area contributed by atoms with Crippen LogP contribution in [0, 0.1) is 0 Å². The van der Waals surface area contributed by atoms with E-state index in [-0.39, 0.29) is 26.2 Å². The van der Waals surface area contributed by atoms with Gasteiger partial charge in [0.1, 0.15) is 6.61 Å². The zero-order chi connectivity index (χ0) is 16.4. The predicted molar refractivity (Wildman–Crippen MR) is 80.3 cm³/mol. The van der Waals surface area contributed by atoms with E-state index in [4.69, 9.17) is 20.3 Å². The first-order valence-corrected chi connectivity index (χ1v) is 7.00. The van der Waals surface area contributed by atoms with Crippen molar-refractivity contribution < 1.29 is 24.2 Å². The summed E-state index contributed by atoms with van der Waals surface area (Å²) in [5.74, 6) is -1.08. The molecule has 1 atom stereocenters. The van der Waals surface area contributed by atoms with Crippen LogP contribution in [-0.4, -0.2) is 42.5 Å². The highest BCUT2D eigenvalue weighted by molar-refractivity contribution is 5.72. The van der Waals surface area contributed by atoms with Gasteiger partial charge in [-0.1, -0.05) is 30.3 Å². The van der Waals surface area contributed by atoms with E-state index in [1.54, 1.807) is 6.92 Å². The van der Waals surface area contributed by atoms with Gasteiger partial charge in [-0.3, -0.25) is 4.79 Å². The minimum absolute atomic E-state index is 0.00668. The highest BCUT2D eigenvalue weighted by Gasteiger charge is 2.34. The van der Waals surface area contributed by atoms with Gasteiger partial charge >= 0.3 is 12.1 Å². The molecule has 0 radical (unpaired) electrons. The minimum Gasteiger partial charge on any atom is -0.481 e. The number of hydrogen-bond donors (Lipinski definition) is 3. The van der Waals surface area contributed by atoms with E-state index in [0.29, 0.717) is 6.61 Å². The quantitative estimate of drug-likeness (QED) is 0.630. The summed E-state index contributed by atoms with van der Waals surface area (Å²) in [6, 6.07) is 9.17. The summed E-state index contributed by atoms with van der Waals surface area (Å²) in [7, 11) is 0. The van der Waals surface area contributed by atoms with Gasteiger partial charge in [0.2, 0.25) is 0 Å². The smallest absolute Gasteiger partial charge is 0.408 e. The molecule has 1 unspecified atom stereocenters. The summed E-state index contributed by atoms with van der Waals surface area (Å²) in [4.78, 5) is 22.9. The molecule has 0 bridgehead atoms.